The molecule has 1 saturated heterocycles. The standard InChI is InChI=1S/C19H19N5O5S3/c1-9-4-13(23-5-10(6-23)32-31-8-12(20)18(28)29)22-16-14(9)15(25)11(17(26)27)7-24(16)19-21-2-3-30-19/h2-4,7,10,12H,5-6,8,20H2,1H3,(H,26,27)(H,28,29). The lowest BCUT2D eigenvalue weighted by Gasteiger charge is -2.39. The Morgan fingerprint density at radius 2 is 2.12 bits per heavy atom. The monoisotopic (exact) mass is 493 g/mol. The summed E-state index contributed by atoms with van der Waals surface area (Å²) in [7, 11) is 3.04. The van der Waals surface area contributed by atoms with Crippen LogP contribution in [0.5, 0.6) is 0 Å². The number of aryl methyl sites for hydroxylation is 1. The first-order valence-electron chi connectivity index (χ1n) is 9.48. The Kier molecular flexibility index (Phi) is 6.42. The van der Waals surface area contributed by atoms with Gasteiger partial charge in [-0.15, -0.1) is 11.3 Å². The molecule has 0 aromatic carbocycles. The van der Waals surface area contributed by atoms with Gasteiger partial charge in [0.1, 0.15) is 17.4 Å². The molecule has 32 heavy (non-hydrogen) atoms. The molecule has 3 aromatic heterocycles. The minimum atomic E-state index is -1.30. The summed E-state index contributed by atoms with van der Waals surface area (Å²) in [6, 6.07) is 0.905. The zero-order valence-electron chi connectivity index (χ0n) is 16.8. The zero-order chi connectivity index (χ0) is 23.0. The van der Waals surface area contributed by atoms with E-state index in [-0.39, 0.29) is 10.9 Å². The summed E-state index contributed by atoms with van der Waals surface area (Å²) in [5, 5.41) is 21.2. The normalized spacial score (nSPS) is 15.0. The highest BCUT2D eigenvalue weighted by Gasteiger charge is 2.30. The van der Waals surface area contributed by atoms with Crippen LogP contribution in [0.1, 0.15) is 15.9 Å². The minimum absolute atomic E-state index is 0.258. The van der Waals surface area contributed by atoms with Gasteiger partial charge in [-0.2, -0.15) is 0 Å². The third-order valence-electron chi connectivity index (χ3n) is 4.94. The van der Waals surface area contributed by atoms with E-state index in [9.17, 15) is 19.5 Å². The van der Waals surface area contributed by atoms with Crippen LogP contribution in [0.3, 0.4) is 0 Å². The molecule has 1 aliphatic heterocycles. The third-order valence-corrected chi connectivity index (χ3v) is 8.54. The molecular formula is C19H19N5O5S3. The predicted molar refractivity (Wildman–Crippen MR) is 126 cm³/mol. The van der Waals surface area contributed by atoms with Crippen molar-refractivity contribution in [2.45, 2.75) is 18.2 Å². The largest absolute Gasteiger partial charge is 0.480 e. The van der Waals surface area contributed by atoms with Crippen molar-refractivity contribution in [1.82, 2.24) is 14.5 Å². The lowest BCUT2D eigenvalue weighted by Crippen LogP contribution is -2.49. The van der Waals surface area contributed by atoms with Gasteiger partial charge in [0, 0.05) is 36.6 Å². The number of rotatable bonds is 8. The number of thiazole rings is 1. The van der Waals surface area contributed by atoms with Crippen molar-refractivity contribution in [2.75, 3.05) is 23.7 Å². The van der Waals surface area contributed by atoms with Crippen molar-refractivity contribution in [3.63, 3.8) is 0 Å². The summed E-state index contributed by atoms with van der Waals surface area (Å²) in [6.45, 7) is 3.20. The number of aromatic nitrogens is 3. The van der Waals surface area contributed by atoms with E-state index >= 15 is 0 Å². The number of nitrogens with zero attached hydrogens (tertiary/aromatic N) is 4. The molecule has 3 aromatic rings. The number of carboxylic acid groups (broad SMARTS) is 2. The lowest BCUT2D eigenvalue weighted by molar-refractivity contribution is -0.137. The van der Waals surface area contributed by atoms with Crippen LogP contribution in [-0.2, 0) is 4.79 Å². The van der Waals surface area contributed by atoms with Crippen LogP contribution in [-0.4, -0.2) is 66.8 Å². The van der Waals surface area contributed by atoms with Gasteiger partial charge in [0.25, 0.3) is 0 Å². The van der Waals surface area contributed by atoms with Crippen LogP contribution in [0, 0.1) is 6.92 Å². The van der Waals surface area contributed by atoms with E-state index in [4.69, 9.17) is 15.8 Å². The Bertz CT molecular complexity index is 1240. The van der Waals surface area contributed by atoms with Gasteiger partial charge in [0.15, 0.2) is 10.8 Å². The van der Waals surface area contributed by atoms with E-state index in [0.29, 0.717) is 46.3 Å². The molecule has 1 unspecified atom stereocenters. The highest BCUT2D eigenvalue weighted by atomic mass is 33.1. The number of carbonyl (C=O) groups is 2. The van der Waals surface area contributed by atoms with Crippen LogP contribution in [0.25, 0.3) is 16.2 Å². The molecule has 1 atom stereocenters. The summed E-state index contributed by atoms with van der Waals surface area (Å²) in [6.07, 6.45) is 2.88. The topological polar surface area (TPSA) is 152 Å². The molecule has 4 N–H and O–H groups in total. The van der Waals surface area contributed by atoms with Gasteiger partial charge in [-0.1, -0.05) is 21.6 Å². The average molecular weight is 494 g/mol. The third kappa shape index (κ3) is 4.33. The van der Waals surface area contributed by atoms with Gasteiger partial charge >= 0.3 is 11.9 Å². The van der Waals surface area contributed by atoms with Crippen LogP contribution < -0.4 is 16.1 Å². The van der Waals surface area contributed by atoms with Crippen LogP contribution in [0.2, 0.25) is 0 Å². The second-order valence-corrected chi connectivity index (χ2v) is 10.8. The summed E-state index contributed by atoms with van der Waals surface area (Å²) in [4.78, 5) is 46.3. The van der Waals surface area contributed by atoms with E-state index in [1.54, 1.807) is 39.9 Å². The number of hydrogen-bond acceptors (Lipinski definition) is 10. The Hall–Kier alpha value is -2.61. The summed E-state index contributed by atoms with van der Waals surface area (Å²) < 4.78 is 1.55. The van der Waals surface area contributed by atoms with Gasteiger partial charge in [-0.25, -0.2) is 14.8 Å². The molecule has 0 bridgehead atoms. The highest BCUT2D eigenvalue weighted by Crippen LogP contribution is 2.35. The van der Waals surface area contributed by atoms with Crippen molar-refractivity contribution < 1.29 is 19.8 Å². The van der Waals surface area contributed by atoms with Crippen molar-refractivity contribution in [3.8, 4) is 5.13 Å². The first-order chi connectivity index (χ1) is 15.3. The van der Waals surface area contributed by atoms with Crippen LogP contribution >= 0.6 is 32.9 Å². The van der Waals surface area contributed by atoms with Gasteiger partial charge in [0.2, 0.25) is 5.43 Å². The molecule has 4 rings (SSSR count). The minimum Gasteiger partial charge on any atom is -0.480 e. The number of aromatic carboxylic acids is 1. The molecule has 13 heteroatoms. The Morgan fingerprint density at radius 3 is 2.75 bits per heavy atom. The smallest absolute Gasteiger partial charge is 0.341 e. The van der Waals surface area contributed by atoms with Crippen molar-refractivity contribution >= 4 is 61.7 Å². The Balaban J connectivity index is 1.61. The van der Waals surface area contributed by atoms with Crippen molar-refractivity contribution in [2.24, 2.45) is 5.73 Å². The van der Waals surface area contributed by atoms with Gasteiger partial charge < -0.3 is 20.8 Å². The summed E-state index contributed by atoms with van der Waals surface area (Å²) >= 11 is 1.32. The maximum Gasteiger partial charge on any atom is 0.341 e. The fraction of sp³-hybridized carbons (Fsp3) is 0.316. The van der Waals surface area contributed by atoms with Crippen LogP contribution in [0.15, 0.2) is 28.6 Å². The molecule has 0 aliphatic carbocycles. The molecular weight excluding hydrogens is 474 g/mol. The SMILES string of the molecule is Cc1cc(N2CC(SSCC(N)C(=O)O)C2)nc2c1c(=O)c(C(=O)O)cn2-c1nccs1. The number of anilines is 1. The Labute approximate surface area is 193 Å². The van der Waals surface area contributed by atoms with E-state index in [2.05, 4.69) is 9.88 Å². The Morgan fingerprint density at radius 1 is 1.38 bits per heavy atom. The number of aliphatic carboxylic acids is 1. The van der Waals surface area contributed by atoms with Gasteiger partial charge in [-0.05, 0) is 18.6 Å². The molecule has 0 saturated carbocycles. The molecule has 1 fully saturated rings. The average Bonchev–Trinajstić information content (AvgIpc) is 3.23. The van der Waals surface area contributed by atoms with Gasteiger partial charge in [-0.3, -0.25) is 14.2 Å². The number of carboxylic acids is 2. The number of pyridine rings is 2. The number of fused-ring (bicyclic) bond motifs is 1. The molecule has 0 spiro atoms. The molecule has 0 amide bonds. The first kappa shape index (κ1) is 22.6. The molecule has 168 valence electrons. The van der Waals surface area contributed by atoms with Gasteiger partial charge in [0.05, 0.1) is 10.6 Å². The summed E-state index contributed by atoms with van der Waals surface area (Å²) in [5.41, 5.74) is 5.63. The molecule has 4 heterocycles. The predicted octanol–water partition coefficient (Wildman–Crippen LogP) is 1.83. The lowest BCUT2D eigenvalue weighted by atomic mass is 10.1. The second-order valence-electron chi connectivity index (χ2n) is 7.21. The molecule has 0 radical (unpaired) electrons. The zero-order valence-corrected chi connectivity index (χ0v) is 19.2. The maximum atomic E-state index is 12.8. The second kappa shape index (κ2) is 9.10. The fourth-order valence-corrected chi connectivity index (χ4v) is 6.52. The van der Waals surface area contributed by atoms with E-state index < -0.39 is 23.4 Å². The molecule has 10 nitrogen and oxygen atoms in total. The fourth-order valence-electron chi connectivity index (χ4n) is 3.24. The van der Waals surface area contributed by atoms with E-state index in [1.165, 1.54) is 28.3 Å². The number of nitrogens with two attached hydrogens (primary N) is 1. The van der Waals surface area contributed by atoms with E-state index in [0.717, 1.165) is 0 Å². The number of hydrogen-bond donors (Lipinski definition) is 3. The first-order valence-corrected chi connectivity index (χ1v) is 12.7. The highest BCUT2D eigenvalue weighted by molar-refractivity contribution is 8.77. The summed E-state index contributed by atoms with van der Waals surface area (Å²) in [5.74, 6) is -1.29. The maximum absolute atomic E-state index is 12.8. The van der Waals surface area contributed by atoms with Crippen molar-refractivity contribution in [3.05, 3.63) is 45.2 Å². The quantitative estimate of drug-likeness (QED) is 0.394. The van der Waals surface area contributed by atoms with Crippen molar-refractivity contribution in [1.29, 1.82) is 0 Å². The van der Waals surface area contributed by atoms with E-state index in [1.807, 2.05) is 0 Å². The van der Waals surface area contributed by atoms with Crippen LogP contribution in [0.4, 0.5) is 5.82 Å². The molecule has 1 aliphatic rings.